The number of rotatable bonds is 20. The Morgan fingerprint density at radius 1 is 1.03 bits per heavy atom. The predicted octanol–water partition coefficient (Wildman–Crippen LogP) is 8.62. The zero-order valence-corrected chi connectivity index (χ0v) is 33.3. The Labute approximate surface area is 342 Å². The van der Waals surface area contributed by atoms with Gasteiger partial charge in [0.05, 0.1) is 62.0 Å². The highest BCUT2D eigenvalue weighted by atomic mass is 32.2. The summed E-state index contributed by atoms with van der Waals surface area (Å²) in [4.78, 5) is 18.3. The van der Waals surface area contributed by atoms with Crippen LogP contribution in [-0.2, 0) is 51.1 Å². The van der Waals surface area contributed by atoms with Gasteiger partial charge in [-0.05, 0) is 49.4 Å². The van der Waals surface area contributed by atoms with Crippen LogP contribution in [-0.4, -0.2) is 64.0 Å². The van der Waals surface area contributed by atoms with Crippen LogP contribution in [0.4, 0.5) is 17.6 Å². The SMILES string of the molecule is C=CCOP(=O)(OCC=C)OCc1c(F)cccc1C(=O)O[C@@](Cn1cncn1)(c1ccc(F)cc1F)[C@@H](C)SC1COC(C=CC=Cc2ccc(C#N)cc2F)OC1. The van der Waals surface area contributed by atoms with Crippen LogP contribution in [0, 0.1) is 34.6 Å². The van der Waals surface area contributed by atoms with Gasteiger partial charge in [0.15, 0.2) is 11.9 Å². The van der Waals surface area contributed by atoms with Crippen LogP contribution in [0.15, 0.2) is 111 Å². The second-order valence-corrected chi connectivity index (χ2v) is 16.0. The summed E-state index contributed by atoms with van der Waals surface area (Å²) in [6.07, 6.45) is 10.7. The number of halogens is 4. The average Bonchev–Trinajstić information content (AvgIpc) is 3.74. The quantitative estimate of drug-likeness (QED) is 0.0276. The van der Waals surface area contributed by atoms with Gasteiger partial charge in [-0.25, -0.2) is 36.6 Å². The number of hydrogen-bond donors (Lipinski definition) is 0. The molecule has 0 spiro atoms. The van der Waals surface area contributed by atoms with Crippen LogP contribution in [0.25, 0.3) is 6.08 Å². The number of hydrogen-bond acceptors (Lipinski definition) is 12. The van der Waals surface area contributed by atoms with Crippen molar-refractivity contribution in [3.8, 4) is 6.07 Å². The van der Waals surface area contributed by atoms with E-state index in [2.05, 4.69) is 23.2 Å². The molecule has 2 heterocycles. The summed E-state index contributed by atoms with van der Waals surface area (Å²) < 4.78 is 109. The van der Waals surface area contributed by atoms with Crippen molar-refractivity contribution in [2.75, 3.05) is 26.4 Å². The summed E-state index contributed by atoms with van der Waals surface area (Å²) in [5, 5.41) is 11.8. The summed E-state index contributed by atoms with van der Waals surface area (Å²) in [6, 6.07) is 12.4. The van der Waals surface area contributed by atoms with E-state index in [1.54, 1.807) is 25.2 Å². The van der Waals surface area contributed by atoms with Gasteiger partial charge in [0.1, 0.15) is 35.9 Å². The third-order valence-corrected chi connectivity index (χ3v) is 11.5. The normalized spacial score (nSPS) is 17.4. The summed E-state index contributed by atoms with van der Waals surface area (Å²) in [5.74, 6) is -4.53. The Morgan fingerprint density at radius 2 is 1.78 bits per heavy atom. The molecule has 1 aliphatic heterocycles. The molecule has 5 rings (SSSR count). The van der Waals surface area contributed by atoms with Crippen LogP contribution in [0.3, 0.4) is 0 Å². The molecule has 1 saturated heterocycles. The fourth-order valence-electron chi connectivity index (χ4n) is 5.79. The highest BCUT2D eigenvalue weighted by Gasteiger charge is 2.47. The molecule has 0 aliphatic carbocycles. The van der Waals surface area contributed by atoms with E-state index >= 15 is 8.78 Å². The van der Waals surface area contributed by atoms with E-state index in [0.29, 0.717) is 6.07 Å². The van der Waals surface area contributed by atoms with E-state index < -0.39 is 66.1 Å². The summed E-state index contributed by atoms with van der Waals surface area (Å²) in [7, 11) is -4.32. The van der Waals surface area contributed by atoms with Gasteiger partial charge in [0.2, 0.25) is 0 Å². The number of carbonyl (C=O) groups is 1. The van der Waals surface area contributed by atoms with Crippen LogP contribution in [0.2, 0.25) is 0 Å². The lowest BCUT2D eigenvalue weighted by molar-refractivity contribution is -0.146. The zero-order valence-electron chi connectivity index (χ0n) is 31.6. The Morgan fingerprint density at radius 3 is 2.42 bits per heavy atom. The summed E-state index contributed by atoms with van der Waals surface area (Å²) in [5.41, 5.74) is -2.44. The molecule has 0 N–H and O–H groups in total. The van der Waals surface area contributed by atoms with Gasteiger partial charge in [0, 0.05) is 28.0 Å². The molecule has 4 aromatic rings. The summed E-state index contributed by atoms with van der Waals surface area (Å²) >= 11 is 1.23. The maximum absolute atomic E-state index is 16.0. The first kappa shape index (κ1) is 44.9. The number of ether oxygens (including phenoxy) is 3. The number of nitriles is 1. The maximum atomic E-state index is 16.0. The monoisotopic (exact) mass is 854 g/mol. The second kappa shape index (κ2) is 21.2. The first-order valence-corrected chi connectivity index (χ1v) is 20.3. The molecule has 0 unspecified atom stereocenters. The molecule has 3 aromatic carbocycles. The van der Waals surface area contributed by atoms with Crippen molar-refractivity contribution in [3.05, 3.63) is 162 Å². The molecule has 1 fully saturated rings. The number of phosphoric acid groups is 1. The molecule has 2 atom stereocenters. The lowest BCUT2D eigenvalue weighted by Crippen LogP contribution is -2.47. The van der Waals surface area contributed by atoms with Crippen LogP contribution < -0.4 is 0 Å². The third-order valence-electron chi connectivity index (χ3n) is 8.66. The van der Waals surface area contributed by atoms with Crippen molar-refractivity contribution in [1.29, 1.82) is 5.26 Å². The molecular weight excluding hydrogens is 816 g/mol. The molecule has 1 aromatic heterocycles. The van der Waals surface area contributed by atoms with E-state index in [4.69, 9.17) is 33.0 Å². The van der Waals surface area contributed by atoms with Crippen molar-refractivity contribution in [3.63, 3.8) is 0 Å². The van der Waals surface area contributed by atoms with Crippen molar-refractivity contribution in [1.82, 2.24) is 14.8 Å². The third kappa shape index (κ3) is 12.0. The average molecular weight is 855 g/mol. The van der Waals surface area contributed by atoms with E-state index in [1.807, 2.05) is 6.07 Å². The molecule has 0 radical (unpaired) electrons. The number of thioether (sulfide) groups is 1. The zero-order chi connectivity index (χ0) is 42.4. The summed E-state index contributed by atoms with van der Waals surface area (Å²) in [6.45, 7) is 7.34. The van der Waals surface area contributed by atoms with Crippen LogP contribution in [0.5, 0.6) is 0 Å². The highest BCUT2D eigenvalue weighted by molar-refractivity contribution is 8.00. The molecule has 59 heavy (non-hydrogen) atoms. The van der Waals surface area contributed by atoms with E-state index in [9.17, 15) is 18.1 Å². The number of phosphoric ester groups is 1. The fraction of sp³-hybridized carbons (Fsp3) is 0.268. The first-order valence-electron chi connectivity index (χ1n) is 17.9. The predicted molar refractivity (Wildman–Crippen MR) is 210 cm³/mol. The van der Waals surface area contributed by atoms with Gasteiger partial charge < -0.3 is 14.2 Å². The molecule has 0 bridgehead atoms. The van der Waals surface area contributed by atoms with Crippen LogP contribution in [0.1, 0.15) is 39.5 Å². The lowest BCUT2D eigenvalue weighted by Gasteiger charge is -2.40. The van der Waals surface area contributed by atoms with E-state index in [-0.39, 0.29) is 60.8 Å². The number of aromatic nitrogens is 3. The first-order chi connectivity index (χ1) is 28.4. The molecule has 0 saturated carbocycles. The lowest BCUT2D eigenvalue weighted by atomic mass is 9.89. The van der Waals surface area contributed by atoms with E-state index in [0.717, 1.165) is 24.3 Å². The topological polar surface area (TPSA) is 144 Å². The van der Waals surface area contributed by atoms with Crippen molar-refractivity contribution >= 4 is 31.6 Å². The number of allylic oxidation sites excluding steroid dienone is 2. The highest BCUT2D eigenvalue weighted by Crippen LogP contribution is 2.50. The van der Waals surface area contributed by atoms with Crippen molar-refractivity contribution in [2.45, 2.75) is 42.5 Å². The van der Waals surface area contributed by atoms with Gasteiger partial charge in [-0.15, -0.1) is 24.9 Å². The number of carbonyl (C=O) groups excluding carboxylic acids is 1. The minimum Gasteiger partial charge on any atom is -0.447 e. The Balaban J connectivity index is 1.40. The second-order valence-electron chi connectivity index (χ2n) is 12.7. The minimum atomic E-state index is -4.32. The molecule has 18 heteroatoms. The standard InChI is InChI=1S/C41H39F4N4O8PS/c1-4-17-54-58(51,55-18-5-2)56-24-34-33(10-8-11-36(34)43)40(50)57-41(25-49-27-47-26-48-49,35-16-15-31(42)20-38(35)45)28(3)59-32-22-52-39(53-23-32)12-7-6-9-30-14-13-29(21-46)19-37(30)44/h4-16,19-20,26-28,32,39H,1-2,17-18,22-25H2,3H3/t28-,32?,39?,41-/m1/s1. The number of esters is 1. The van der Waals surface area contributed by atoms with Gasteiger partial charge >= 0.3 is 13.8 Å². The number of nitrogens with zero attached hydrogens (tertiary/aromatic N) is 4. The molecule has 0 amide bonds. The Bertz CT molecular complexity index is 2230. The van der Waals surface area contributed by atoms with Gasteiger partial charge in [-0.3, -0.25) is 13.6 Å². The molecule has 12 nitrogen and oxygen atoms in total. The van der Waals surface area contributed by atoms with Gasteiger partial charge in [-0.2, -0.15) is 10.4 Å². The van der Waals surface area contributed by atoms with Gasteiger partial charge in [0.25, 0.3) is 0 Å². The van der Waals surface area contributed by atoms with Crippen LogP contribution >= 0.6 is 19.6 Å². The van der Waals surface area contributed by atoms with Crippen molar-refractivity contribution in [2.24, 2.45) is 0 Å². The minimum absolute atomic E-state index is 0.129. The number of benzene rings is 3. The Hall–Kier alpha value is -5.18. The van der Waals surface area contributed by atoms with Gasteiger partial charge in [-0.1, -0.05) is 42.5 Å². The maximum Gasteiger partial charge on any atom is 0.475 e. The molecule has 1 aliphatic rings. The molecule has 310 valence electrons. The van der Waals surface area contributed by atoms with Crippen molar-refractivity contribution < 1.29 is 54.7 Å². The molecular formula is C41H39F4N4O8PS. The van der Waals surface area contributed by atoms with E-state index in [1.165, 1.54) is 71.6 Å². The largest absolute Gasteiger partial charge is 0.475 e. The Kier molecular flexibility index (Phi) is 16.1. The smallest absolute Gasteiger partial charge is 0.447 e. The fourth-order valence-corrected chi connectivity index (χ4v) is 8.23.